The summed E-state index contributed by atoms with van der Waals surface area (Å²) >= 11 is 0. The molecule has 0 radical (unpaired) electrons. The Bertz CT molecular complexity index is 1200. The van der Waals surface area contributed by atoms with Gasteiger partial charge in [0.1, 0.15) is 12.4 Å². The van der Waals surface area contributed by atoms with Gasteiger partial charge in [-0.1, -0.05) is 50.5 Å². The topological polar surface area (TPSA) is 45.6 Å². The molecule has 0 N–H and O–H groups in total. The maximum atomic E-state index is 14.1. The van der Waals surface area contributed by atoms with Crippen LogP contribution >= 0.6 is 0 Å². The van der Waals surface area contributed by atoms with Crippen molar-refractivity contribution < 1.29 is 14.0 Å². The minimum Gasteiger partial charge on any atom is -0.348 e. The zero-order valence-corrected chi connectivity index (χ0v) is 22.2. The molecule has 196 valence electrons. The fourth-order valence-electron chi connectivity index (χ4n) is 5.14. The molecule has 1 atom stereocenters. The van der Waals surface area contributed by atoms with Crippen LogP contribution in [-0.4, -0.2) is 45.3 Å². The predicted molar refractivity (Wildman–Crippen MR) is 145 cm³/mol. The first-order valence-electron chi connectivity index (χ1n) is 13.5. The van der Waals surface area contributed by atoms with E-state index in [-0.39, 0.29) is 30.2 Å². The van der Waals surface area contributed by atoms with Crippen molar-refractivity contribution >= 4 is 11.8 Å². The van der Waals surface area contributed by atoms with Crippen LogP contribution in [0.25, 0.3) is 0 Å². The van der Waals surface area contributed by atoms with Gasteiger partial charge in [-0.05, 0) is 74.2 Å². The van der Waals surface area contributed by atoms with Gasteiger partial charge in [0.25, 0.3) is 5.91 Å². The highest BCUT2D eigenvalue weighted by molar-refractivity contribution is 5.96. The molecule has 0 spiro atoms. The van der Waals surface area contributed by atoms with E-state index in [9.17, 15) is 14.0 Å². The van der Waals surface area contributed by atoms with Crippen molar-refractivity contribution in [3.05, 3.63) is 95.1 Å². The largest absolute Gasteiger partial charge is 0.348 e. The summed E-state index contributed by atoms with van der Waals surface area (Å²) in [6, 6.07) is 17.6. The third-order valence-corrected chi connectivity index (χ3v) is 7.23. The Morgan fingerprint density at radius 1 is 1.00 bits per heavy atom. The maximum absolute atomic E-state index is 14.1. The highest BCUT2D eigenvalue weighted by atomic mass is 19.1. The van der Waals surface area contributed by atoms with Gasteiger partial charge in [0, 0.05) is 36.6 Å². The van der Waals surface area contributed by atoms with Gasteiger partial charge in [-0.25, -0.2) is 4.39 Å². The predicted octanol–water partition coefficient (Wildman–Crippen LogP) is 6.23. The van der Waals surface area contributed by atoms with E-state index in [1.165, 1.54) is 37.0 Å². The number of amides is 2. The second kappa shape index (κ2) is 12.2. The van der Waals surface area contributed by atoms with E-state index in [1.807, 2.05) is 62.5 Å². The summed E-state index contributed by atoms with van der Waals surface area (Å²) in [7, 11) is 0. The normalized spacial score (nSPS) is 15.1. The first-order valence-corrected chi connectivity index (χ1v) is 13.5. The number of carbonyl (C=O) groups excluding carboxylic acids is 2. The Kier molecular flexibility index (Phi) is 8.80. The SMILES string of the molecule is CCCCCCc1ccc(C(=O)N(CC(=O)N2CCn3cccc3C2c2cccc(F)c2)C(C)C)cc1. The molecule has 1 aromatic heterocycles. The molecule has 1 unspecified atom stereocenters. The lowest BCUT2D eigenvalue weighted by molar-refractivity contribution is -0.135. The highest BCUT2D eigenvalue weighted by Gasteiger charge is 2.34. The van der Waals surface area contributed by atoms with Crippen molar-refractivity contribution in [3.63, 3.8) is 0 Å². The molecule has 6 heteroatoms. The van der Waals surface area contributed by atoms with E-state index in [4.69, 9.17) is 0 Å². The summed E-state index contributed by atoms with van der Waals surface area (Å²) in [4.78, 5) is 30.6. The fourth-order valence-corrected chi connectivity index (χ4v) is 5.14. The summed E-state index contributed by atoms with van der Waals surface area (Å²) in [6.07, 6.45) is 7.83. The van der Waals surface area contributed by atoms with Crippen LogP contribution in [0.3, 0.4) is 0 Å². The number of aromatic nitrogens is 1. The molecule has 0 aliphatic carbocycles. The molecule has 2 amide bonds. The van der Waals surface area contributed by atoms with E-state index in [2.05, 4.69) is 11.5 Å². The van der Waals surface area contributed by atoms with Gasteiger partial charge < -0.3 is 14.4 Å². The zero-order chi connectivity index (χ0) is 26.4. The molecule has 4 rings (SSSR count). The lowest BCUT2D eigenvalue weighted by atomic mass is 9.99. The fraction of sp³-hybridized carbons (Fsp3) is 0.419. The summed E-state index contributed by atoms with van der Waals surface area (Å²) < 4.78 is 16.2. The monoisotopic (exact) mass is 503 g/mol. The molecule has 0 saturated heterocycles. The smallest absolute Gasteiger partial charge is 0.254 e. The lowest BCUT2D eigenvalue weighted by Gasteiger charge is -2.39. The van der Waals surface area contributed by atoms with Gasteiger partial charge in [0.2, 0.25) is 5.91 Å². The van der Waals surface area contributed by atoms with E-state index < -0.39 is 6.04 Å². The van der Waals surface area contributed by atoms with E-state index >= 15 is 0 Å². The quantitative estimate of drug-likeness (QED) is 0.308. The van der Waals surface area contributed by atoms with Gasteiger partial charge in [-0.15, -0.1) is 0 Å². The maximum Gasteiger partial charge on any atom is 0.254 e. The molecular weight excluding hydrogens is 465 g/mol. The van der Waals surface area contributed by atoms with Crippen LogP contribution in [0.15, 0.2) is 66.9 Å². The number of carbonyl (C=O) groups is 2. The summed E-state index contributed by atoms with van der Waals surface area (Å²) in [6.45, 7) is 7.19. The van der Waals surface area contributed by atoms with Crippen LogP contribution in [0.4, 0.5) is 4.39 Å². The molecule has 0 bridgehead atoms. The number of hydrogen-bond donors (Lipinski definition) is 0. The van der Waals surface area contributed by atoms with Crippen molar-refractivity contribution in [2.75, 3.05) is 13.1 Å². The summed E-state index contributed by atoms with van der Waals surface area (Å²) in [5.74, 6) is -0.624. The van der Waals surface area contributed by atoms with Gasteiger partial charge in [-0.3, -0.25) is 9.59 Å². The molecule has 0 saturated carbocycles. The third kappa shape index (κ3) is 6.30. The first-order chi connectivity index (χ1) is 17.9. The van der Waals surface area contributed by atoms with Crippen LogP contribution in [0.1, 0.15) is 79.7 Å². The number of benzene rings is 2. The van der Waals surface area contributed by atoms with Gasteiger partial charge >= 0.3 is 0 Å². The van der Waals surface area contributed by atoms with Crippen LogP contribution in [0.2, 0.25) is 0 Å². The second-order valence-corrected chi connectivity index (χ2v) is 10.2. The third-order valence-electron chi connectivity index (χ3n) is 7.23. The highest BCUT2D eigenvalue weighted by Crippen LogP contribution is 2.33. The van der Waals surface area contributed by atoms with Crippen molar-refractivity contribution in [2.24, 2.45) is 0 Å². The Labute approximate surface area is 219 Å². The molecule has 3 aromatic rings. The summed E-state index contributed by atoms with van der Waals surface area (Å²) in [5, 5.41) is 0. The number of nitrogens with zero attached hydrogens (tertiary/aromatic N) is 3. The van der Waals surface area contributed by atoms with Crippen LogP contribution in [-0.2, 0) is 17.8 Å². The average molecular weight is 504 g/mol. The van der Waals surface area contributed by atoms with E-state index in [0.29, 0.717) is 18.7 Å². The number of halogens is 1. The molecule has 0 fully saturated rings. The minimum atomic E-state index is -0.400. The van der Waals surface area contributed by atoms with Crippen molar-refractivity contribution in [2.45, 2.75) is 71.5 Å². The van der Waals surface area contributed by atoms with Crippen LogP contribution < -0.4 is 0 Å². The molecular formula is C31H38FN3O2. The second-order valence-electron chi connectivity index (χ2n) is 10.2. The first kappa shape index (κ1) is 26.6. The van der Waals surface area contributed by atoms with Crippen molar-refractivity contribution in [1.82, 2.24) is 14.4 Å². The summed E-state index contributed by atoms with van der Waals surface area (Å²) in [5.41, 5.74) is 3.49. The Balaban J connectivity index is 1.50. The van der Waals surface area contributed by atoms with Crippen molar-refractivity contribution in [3.8, 4) is 0 Å². The average Bonchev–Trinajstić information content (AvgIpc) is 3.38. The van der Waals surface area contributed by atoms with Crippen LogP contribution in [0.5, 0.6) is 0 Å². The standard InChI is InChI=1S/C31H38FN3O2/c1-4-5-6-7-10-24-14-16-25(17-15-24)31(37)35(23(2)3)22-29(36)34-20-19-33-18-9-13-28(33)30(34)26-11-8-12-27(32)21-26/h8-9,11-18,21,23,30H,4-7,10,19-20,22H2,1-3H3. The molecule has 1 aliphatic rings. The Morgan fingerprint density at radius 3 is 2.49 bits per heavy atom. The van der Waals surface area contributed by atoms with E-state index in [0.717, 1.165) is 24.1 Å². The van der Waals surface area contributed by atoms with Gasteiger partial charge in [0.15, 0.2) is 0 Å². The minimum absolute atomic E-state index is 0.0260. The zero-order valence-electron chi connectivity index (χ0n) is 22.2. The number of hydrogen-bond acceptors (Lipinski definition) is 2. The Hall–Kier alpha value is -3.41. The number of fused-ring (bicyclic) bond motifs is 1. The van der Waals surface area contributed by atoms with E-state index in [1.54, 1.807) is 15.9 Å². The molecule has 37 heavy (non-hydrogen) atoms. The number of aryl methyl sites for hydroxylation is 1. The molecule has 1 aliphatic heterocycles. The number of rotatable bonds is 10. The Morgan fingerprint density at radius 2 is 1.78 bits per heavy atom. The van der Waals surface area contributed by atoms with Crippen molar-refractivity contribution in [1.29, 1.82) is 0 Å². The van der Waals surface area contributed by atoms with Crippen LogP contribution in [0, 0.1) is 5.82 Å². The molecule has 2 aromatic carbocycles. The molecule has 5 nitrogen and oxygen atoms in total. The number of unbranched alkanes of at least 4 members (excludes halogenated alkanes) is 3. The van der Waals surface area contributed by atoms with Gasteiger partial charge in [0.05, 0.1) is 6.04 Å². The van der Waals surface area contributed by atoms with Gasteiger partial charge in [-0.2, -0.15) is 0 Å². The molecule has 2 heterocycles. The lowest BCUT2D eigenvalue weighted by Crippen LogP contribution is -2.49.